The Balaban J connectivity index is 1.92. The summed E-state index contributed by atoms with van der Waals surface area (Å²) in [6.07, 6.45) is 1.76. The third kappa shape index (κ3) is 2.09. The van der Waals surface area contributed by atoms with Crippen molar-refractivity contribution >= 4 is 10.2 Å². The molecule has 0 amide bonds. The Morgan fingerprint density at radius 1 is 1.54 bits per heavy atom. The average Bonchev–Trinajstić information content (AvgIpc) is 2.82. The normalized spacial score (nSPS) is 17.5. The topological polar surface area (TPSA) is 65.0 Å². The van der Waals surface area contributed by atoms with Gasteiger partial charge in [0.15, 0.2) is 0 Å². The van der Waals surface area contributed by atoms with E-state index < -0.39 is 10.2 Å². The number of hydrogen-bond donors (Lipinski definition) is 2. The van der Waals surface area contributed by atoms with Crippen LogP contribution in [0.1, 0.15) is 5.69 Å². The highest BCUT2D eigenvalue weighted by atomic mass is 32.2. The molecule has 0 aliphatic carbocycles. The summed E-state index contributed by atoms with van der Waals surface area (Å²) in [5.41, 5.74) is 0.866. The van der Waals surface area contributed by atoms with Gasteiger partial charge in [-0.3, -0.25) is 0 Å². The summed E-state index contributed by atoms with van der Waals surface area (Å²) in [6, 6.07) is 3.67. The molecule has 1 fully saturated rings. The molecule has 1 saturated heterocycles. The lowest BCUT2D eigenvalue weighted by molar-refractivity contribution is 0.546. The molecule has 0 radical (unpaired) electrons. The van der Waals surface area contributed by atoms with Crippen molar-refractivity contribution in [1.82, 2.24) is 14.0 Å². The SMILES string of the molecule is O=S(=O)(NCc1ccc[nH]1)N1CC1. The van der Waals surface area contributed by atoms with Crippen LogP contribution in [0.25, 0.3) is 0 Å². The summed E-state index contributed by atoms with van der Waals surface area (Å²) in [6.45, 7) is 1.60. The second-order valence-electron chi connectivity index (χ2n) is 2.92. The molecule has 0 saturated carbocycles. The van der Waals surface area contributed by atoms with E-state index in [1.807, 2.05) is 12.1 Å². The molecule has 5 nitrogen and oxygen atoms in total. The van der Waals surface area contributed by atoms with E-state index in [2.05, 4.69) is 9.71 Å². The fourth-order valence-electron chi connectivity index (χ4n) is 1.02. The van der Waals surface area contributed by atoms with Crippen LogP contribution in [0.3, 0.4) is 0 Å². The van der Waals surface area contributed by atoms with Crippen molar-refractivity contribution in [3.63, 3.8) is 0 Å². The molecular weight excluding hydrogens is 190 g/mol. The number of hydrogen-bond acceptors (Lipinski definition) is 2. The fourth-order valence-corrected chi connectivity index (χ4v) is 2.10. The van der Waals surface area contributed by atoms with E-state index in [1.165, 1.54) is 4.31 Å². The highest BCUT2D eigenvalue weighted by Gasteiger charge is 2.31. The van der Waals surface area contributed by atoms with Crippen LogP contribution in [0.15, 0.2) is 18.3 Å². The summed E-state index contributed by atoms with van der Waals surface area (Å²) in [4.78, 5) is 2.92. The number of nitrogens with zero attached hydrogens (tertiary/aromatic N) is 1. The predicted molar refractivity (Wildman–Crippen MR) is 48.1 cm³/mol. The largest absolute Gasteiger partial charge is 0.364 e. The van der Waals surface area contributed by atoms with Gasteiger partial charge in [-0.25, -0.2) is 0 Å². The highest BCUT2D eigenvalue weighted by molar-refractivity contribution is 7.87. The first-order valence-corrected chi connectivity index (χ1v) is 5.49. The van der Waals surface area contributed by atoms with Gasteiger partial charge >= 0.3 is 0 Å². The smallest absolute Gasteiger partial charge is 0.279 e. The summed E-state index contributed by atoms with van der Waals surface area (Å²) in [7, 11) is -3.20. The van der Waals surface area contributed by atoms with Gasteiger partial charge in [0, 0.05) is 25.0 Å². The Morgan fingerprint density at radius 3 is 2.85 bits per heavy atom. The molecule has 0 atom stereocenters. The van der Waals surface area contributed by atoms with Crippen LogP contribution in [0.5, 0.6) is 0 Å². The monoisotopic (exact) mass is 201 g/mol. The molecule has 72 valence electrons. The quantitative estimate of drug-likeness (QED) is 0.655. The molecule has 1 aromatic rings. The maximum Gasteiger partial charge on any atom is 0.279 e. The van der Waals surface area contributed by atoms with Gasteiger partial charge < -0.3 is 4.98 Å². The standard InChI is InChI=1S/C7H11N3O2S/c11-13(12,10-4-5-10)9-6-7-2-1-3-8-7/h1-3,8-9H,4-6H2. The molecule has 13 heavy (non-hydrogen) atoms. The second kappa shape index (κ2) is 3.13. The molecule has 1 aliphatic heterocycles. The van der Waals surface area contributed by atoms with Crippen molar-refractivity contribution in [2.75, 3.05) is 13.1 Å². The van der Waals surface area contributed by atoms with E-state index in [0.29, 0.717) is 19.6 Å². The highest BCUT2D eigenvalue weighted by Crippen LogP contribution is 2.09. The van der Waals surface area contributed by atoms with Crippen LogP contribution >= 0.6 is 0 Å². The number of rotatable bonds is 4. The summed E-state index contributed by atoms with van der Waals surface area (Å²) in [5, 5.41) is 0. The van der Waals surface area contributed by atoms with Crippen molar-refractivity contribution in [3.05, 3.63) is 24.0 Å². The molecule has 0 unspecified atom stereocenters. The van der Waals surface area contributed by atoms with Gasteiger partial charge in [0.25, 0.3) is 10.2 Å². The van der Waals surface area contributed by atoms with E-state index in [9.17, 15) is 8.42 Å². The molecule has 1 aliphatic rings. The maximum atomic E-state index is 11.3. The predicted octanol–water partition coefficient (Wildman–Crippen LogP) is -0.335. The average molecular weight is 201 g/mol. The van der Waals surface area contributed by atoms with Crippen LogP contribution < -0.4 is 4.72 Å². The van der Waals surface area contributed by atoms with Crippen LogP contribution in [0.2, 0.25) is 0 Å². The van der Waals surface area contributed by atoms with Gasteiger partial charge in [-0.05, 0) is 12.1 Å². The lowest BCUT2D eigenvalue weighted by Gasteiger charge is -2.04. The summed E-state index contributed by atoms with van der Waals surface area (Å²) in [5.74, 6) is 0. The van der Waals surface area contributed by atoms with Crippen LogP contribution in [0.4, 0.5) is 0 Å². The van der Waals surface area contributed by atoms with Gasteiger partial charge in [0.1, 0.15) is 0 Å². The Labute approximate surface area is 76.9 Å². The van der Waals surface area contributed by atoms with Gasteiger partial charge in [-0.15, -0.1) is 0 Å². The van der Waals surface area contributed by atoms with Crippen molar-refractivity contribution < 1.29 is 8.42 Å². The maximum absolute atomic E-state index is 11.3. The Bertz CT molecular complexity index is 366. The zero-order chi connectivity index (χ0) is 9.31. The van der Waals surface area contributed by atoms with Crippen molar-refractivity contribution in [3.8, 4) is 0 Å². The molecule has 0 spiro atoms. The van der Waals surface area contributed by atoms with E-state index in [0.717, 1.165) is 5.69 Å². The molecule has 2 heterocycles. The van der Waals surface area contributed by atoms with Crippen LogP contribution in [-0.4, -0.2) is 30.8 Å². The Hall–Kier alpha value is -0.850. The third-order valence-corrected chi connectivity index (χ3v) is 3.41. The van der Waals surface area contributed by atoms with Crippen molar-refractivity contribution in [2.45, 2.75) is 6.54 Å². The number of H-pyrrole nitrogens is 1. The zero-order valence-electron chi connectivity index (χ0n) is 7.03. The summed E-state index contributed by atoms with van der Waals surface area (Å²) < 4.78 is 26.5. The van der Waals surface area contributed by atoms with E-state index in [-0.39, 0.29) is 0 Å². The Kier molecular flexibility index (Phi) is 2.10. The zero-order valence-corrected chi connectivity index (χ0v) is 7.84. The molecule has 0 aromatic carbocycles. The first kappa shape index (κ1) is 8.74. The first-order valence-electron chi connectivity index (χ1n) is 4.05. The third-order valence-electron chi connectivity index (χ3n) is 1.85. The Morgan fingerprint density at radius 2 is 2.31 bits per heavy atom. The minimum atomic E-state index is -3.20. The fraction of sp³-hybridized carbons (Fsp3) is 0.429. The van der Waals surface area contributed by atoms with E-state index >= 15 is 0 Å². The molecule has 6 heteroatoms. The van der Waals surface area contributed by atoms with Crippen LogP contribution in [0, 0.1) is 0 Å². The van der Waals surface area contributed by atoms with Gasteiger partial charge in [0.2, 0.25) is 0 Å². The molecule has 0 bridgehead atoms. The molecule has 1 aromatic heterocycles. The van der Waals surface area contributed by atoms with Crippen molar-refractivity contribution in [2.24, 2.45) is 0 Å². The summed E-state index contributed by atoms with van der Waals surface area (Å²) >= 11 is 0. The number of nitrogens with one attached hydrogen (secondary N) is 2. The lowest BCUT2D eigenvalue weighted by Crippen LogP contribution is -2.29. The van der Waals surface area contributed by atoms with Crippen molar-refractivity contribution in [1.29, 1.82) is 0 Å². The molecule has 2 rings (SSSR count). The van der Waals surface area contributed by atoms with Gasteiger partial charge in [0.05, 0.1) is 6.54 Å². The van der Waals surface area contributed by atoms with E-state index in [1.54, 1.807) is 6.20 Å². The lowest BCUT2D eigenvalue weighted by atomic mass is 10.4. The number of aromatic amines is 1. The van der Waals surface area contributed by atoms with Gasteiger partial charge in [-0.1, -0.05) is 0 Å². The molecular formula is C7H11N3O2S. The second-order valence-corrected chi connectivity index (χ2v) is 4.68. The number of aromatic nitrogens is 1. The van der Waals surface area contributed by atoms with Crippen LogP contribution in [-0.2, 0) is 16.8 Å². The minimum Gasteiger partial charge on any atom is -0.364 e. The first-order chi connectivity index (χ1) is 6.18. The van der Waals surface area contributed by atoms with E-state index in [4.69, 9.17) is 0 Å². The van der Waals surface area contributed by atoms with Gasteiger partial charge in [-0.2, -0.15) is 17.4 Å². The minimum absolute atomic E-state index is 0.325. The molecule has 2 N–H and O–H groups in total.